The van der Waals surface area contributed by atoms with E-state index in [9.17, 15) is 9.59 Å². The summed E-state index contributed by atoms with van der Waals surface area (Å²) in [7, 11) is 0. The molecule has 0 saturated carbocycles. The number of hydrogen-bond donors (Lipinski definition) is 1. The van der Waals surface area contributed by atoms with Crippen molar-refractivity contribution in [3.8, 4) is 0 Å². The van der Waals surface area contributed by atoms with E-state index >= 15 is 0 Å². The number of hydrogen-bond acceptors (Lipinski definition) is 3. The molecule has 0 aliphatic heterocycles. The minimum Gasteiger partial charge on any atom is -0.481 e. The molecule has 1 atom stereocenters. The lowest BCUT2D eigenvalue weighted by Gasteiger charge is -2.33. The number of aliphatic carboxylic acids is 1. The van der Waals surface area contributed by atoms with Crippen molar-refractivity contribution in [2.24, 2.45) is 5.92 Å². The maximum atomic E-state index is 12.0. The Labute approximate surface area is 135 Å². The maximum Gasteiger partial charge on any atom is 0.306 e. The highest BCUT2D eigenvalue weighted by Crippen LogP contribution is 2.27. The third-order valence-electron chi connectivity index (χ3n) is 4.34. The fraction of sp³-hybridized carbons (Fsp3) is 0.889. The van der Waals surface area contributed by atoms with Crippen molar-refractivity contribution in [3.63, 3.8) is 0 Å². The first-order valence-corrected chi connectivity index (χ1v) is 8.75. The van der Waals surface area contributed by atoms with Gasteiger partial charge in [-0.2, -0.15) is 0 Å². The molecule has 1 unspecified atom stereocenters. The van der Waals surface area contributed by atoms with Gasteiger partial charge in [0.25, 0.3) is 0 Å². The molecule has 0 aliphatic carbocycles. The summed E-state index contributed by atoms with van der Waals surface area (Å²) in [6.07, 6.45) is 8.34. The molecule has 0 amide bonds. The van der Waals surface area contributed by atoms with Crippen LogP contribution >= 0.6 is 0 Å². The first kappa shape index (κ1) is 20.9. The van der Waals surface area contributed by atoms with Gasteiger partial charge in [-0.25, -0.2) is 0 Å². The van der Waals surface area contributed by atoms with Gasteiger partial charge in [0, 0.05) is 12.8 Å². The quantitative estimate of drug-likeness (QED) is 0.386. The Balaban J connectivity index is 3.74. The van der Waals surface area contributed by atoms with Gasteiger partial charge >= 0.3 is 11.9 Å². The van der Waals surface area contributed by atoms with E-state index in [-0.39, 0.29) is 18.0 Å². The van der Waals surface area contributed by atoms with Crippen LogP contribution in [0.2, 0.25) is 0 Å². The average Bonchev–Trinajstić information content (AvgIpc) is 2.41. The van der Waals surface area contributed by atoms with Crippen molar-refractivity contribution < 1.29 is 19.4 Å². The zero-order valence-corrected chi connectivity index (χ0v) is 14.8. The van der Waals surface area contributed by atoms with Crippen LogP contribution in [-0.2, 0) is 14.3 Å². The third-order valence-corrected chi connectivity index (χ3v) is 4.34. The molecule has 0 rings (SSSR count). The molecule has 0 aromatic heterocycles. The van der Waals surface area contributed by atoms with Gasteiger partial charge in [-0.15, -0.1) is 0 Å². The van der Waals surface area contributed by atoms with Crippen molar-refractivity contribution in [3.05, 3.63) is 0 Å². The predicted molar refractivity (Wildman–Crippen MR) is 88.8 cm³/mol. The van der Waals surface area contributed by atoms with E-state index in [1.54, 1.807) is 0 Å². The zero-order chi connectivity index (χ0) is 17.0. The summed E-state index contributed by atoms with van der Waals surface area (Å²) in [6.45, 7) is 8.33. The van der Waals surface area contributed by atoms with E-state index in [0.717, 1.165) is 51.4 Å². The van der Waals surface area contributed by atoms with Crippen LogP contribution in [0.25, 0.3) is 0 Å². The first-order valence-electron chi connectivity index (χ1n) is 8.75. The lowest BCUT2D eigenvalue weighted by molar-refractivity contribution is -0.163. The number of carboxylic acid groups (broad SMARTS) is 1. The van der Waals surface area contributed by atoms with Gasteiger partial charge in [0.2, 0.25) is 0 Å². The van der Waals surface area contributed by atoms with E-state index < -0.39 is 5.97 Å². The Kier molecular flexibility index (Phi) is 10.9. The van der Waals surface area contributed by atoms with E-state index in [0.29, 0.717) is 12.3 Å². The summed E-state index contributed by atoms with van der Waals surface area (Å²) < 4.78 is 5.71. The zero-order valence-electron chi connectivity index (χ0n) is 14.8. The van der Waals surface area contributed by atoms with Crippen LogP contribution in [0.5, 0.6) is 0 Å². The number of carboxylic acids is 1. The molecule has 1 N–H and O–H groups in total. The SMILES string of the molecule is CCCC(C)(OC(=O)CCCCCCCCC(=O)O)C(C)C. The van der Waals surface area contributed by atoms with E-state index in [2.05, 4.69) is 20.8 Å². The Hall–Kier alpha value is -1.06. The molecule has 0 aromatic rings. The summed E-state index contributed by atoms with van der Waals surface area (Å²) in [5.41, 5.74) is -0.345. The summed E-state index contributed by atoms with van der Waals surface area (Å²) in [6, 6.07) is 0. The maximum absolute atomic E-state index is 12.0. The van der Waals surface area contributed by atoms with Crippen LogP contribution in [-0.4, -0.2) is 22.6 Å². The molecular weight excluding hydrogens is 280 g/mol. The largest absolute Gasteiger partial charge is 0.481 e. The number of esters is 1. The van der Waals surface area contributed by atoms with Crippen LogP contribution in [0.3, 0.4) is 0 Å². The standard InChI is InChI=1S/C18H34O4/c1-5-14-18(4,15(2)3)22-17(21)13-11-9-7-6-8-10-12-16(19)20/h15H,5-14H2,1-4H3,(H,19,20). The van der Waals surface area contributed by atoms with Gasteiger partial charge in [-0.3, -0.25) is 9.59 Å². The normalized spacial score (nSPS) is 13.9. The van der Waals surface area contributed by atoms with Gasteiger partial charge in [-0.1, -0.05) is 52.9 Å². The van der Waals surface area contributed by atoms with Crippen molar-refractivity contribution in [2.75, 3.05) is 0 Å². The highest BCUT2D eigenvalue weighted by Gasteiger charge is 2.31. The summed E-state index contributed by atoms with van der Waals surface area (Å²) >= 11 is 0. The van der Waals surface area contributed by atoms with Crippen LogP contribution < -0.4 is 0 Å². The van der Waals surface area contributed by atoms with E-state index in [1.165, 1.54) is 0 Å². The fourth-order valence-electron chi connectivity index (χ4n) is 2.52. The number of ether oxygens (including phenoxy) is 1. The van der Waals surface area contributed by atoms with Gasteiger partial charge in [-0.05, 0) is 32.1 Å². The highest BCUT2D eigenvalue weighted by atomic mass is 16.6. The van der Waals surface area contributed by atoms with Crippen LogP contribution in [0, 0.1) is 5.92 Å². The van der Waals surface area contributed by atoms with Crippen molar-refractivity contribution >= 4 is 11.9 Å². The molecule has 0 spiro atoms. The third kappa shape index (κ3) is 9.80. The average molecular weight is 314 g/mol. The number of carbonyl (C=O) groups excluding carboxylic acids is 1. The molecule has 0 radical (unpaired) electrons. The van der Waals surface area contributed by atoms with E-state index in [4.69, 9.17) is 9.84 Å². The number of unbranched alkanes of at least 4 members (excludes halogenated alkanes) is 5. The summed E-state index contributed by atoms with van der Waals surface area (Å²) in [5, 5.41) is 8.53. The second-order valence-electron chi connectivity index (χ2n) is 6.71. The molecule has 130 valence electrons. The topological polar surface area (TPSA) is 63.6 Å². The van der Waals surface area contributed by atoms with Gasteiger partial charge in [0.05, 0.1) is 0 Å². The number of rotatable bonds is 13. The van der Waals surface area contributed by atoms with Crippen molar-refractivity contribution in [2.45, 2.75) is 97.5 Å². The molecule has 0 aliphatic rings. The van der Waals surface area contributed by atoms with Crippen LogP contribution in [0.15, 0.2) is 0 Å². The second kappa shape index (κ2) is 11.5. The first-order chi connectivity index (χ1) is 10.3. The highest BCUT2D eigenvalue weighted by molar-refractivity contribution is 5.69. The molecule has 4 heteroatoms. The minimum atomic E-state index is -0.719. The van der Waals surface area contributed by atoms with Crippen LogP contribution in [0.1, 0.15) is 91.9 Å². The molecule has 4 nitrogen and oxygen atoms in total. The van der Waals surface area contributed by atoms with E-state index in [1.807, 2.05) is 6.92 Å². The second-order valence-corrected chi connectivity index (χ2v) is 6.71. The molecule has 0 aromatic carbocycles. The monoisotopic (exact) mass is 314 g/mol. The lowest BCUT2D eigenvalue weighted by atomic mass is 9.88. The van der Waals surface area contributed by atoms with Gasteiger partial charge < -0.3 is 9.84 Å². The Morgan fingerprint density at radius 2 is 1.50 bits per heavy atom. The molecule has 0 fully saturated rings. The molecule has 0 heterocycles. The smallest absolute Gasteiger partial charge is 0.306 e. The predicted octanol–water partition coefficient (Wildman–Crippen LogP) is 4.95. The van der Waals surface area contributed by atoms with Gasteiger partial charge in [0.15, 0.2) is 0 Å². The van der Waals surface area contributed by atoms with Crippen molar-refractivity contribution in [1.29, 1.82) is 0 Å². The summed E-state index contributed by atoms with van der Waals surface area (Å²) in [5.74, 6) is -0.482. The Morgan fingerprint density at radius 3 is 1.95 bits per heavy atom. The van der Waals surface area contributed by atoms with Crippen molar-refractivity contribution in [1.82, 2.24) is 0 Å². The minimum absolute atomic E-state index is 0.0875. The fourth-order valence-corrected chi connectivity index (χ4v) is 2.52. The molecule has 0 saturated heterocycles. The Morgan fingerprint density at radius 1 is 1.00 bits per heavy atom. The summed E-state index contributed by atoms with van der Waals surface area (Å²) in [4.78, 5) is 22.3. The lowest BCUT2D eigenvalue weighted by Crippen LogP contribution is -2.37. The van der Waals surface area contributed by atoms with Gasteiger partial charge in [0.1, 0.15) is 5.60 Å². The molecular formula is C18H34O4. The number of carbonyl (C=O) groups is 2. The van der Waals surface area contributed by atoms with Crippen LogP contribution in [0.4, 0.5) is 0 Å². The molecule has 0 bridgehead atoms. The molecule has 22 heavy (non-hydrogen) atoms. The Bertz CT molecular complexity index is 325.